The lowest BCUT2D eigenvalue weighted by molar-refractivity contribution is -0.193. The number of para-hydroxylation sites is 3. The number of carbonyl (C=O) groups excluding carboxylic acids is 3. The lowest BCUT2D eigenvalue weighted by Crippen LogP contribution is -2.49. The summed E-state index contributed by atoms with van der Waals surface area (Å²) < 4.78 is 159. The van der Waals surface area contributed by atoms with Gasteiger partial charge in [0.25, 0.3) is 5.91 Å². The maximum Gasteiger partial charge on any atom is 0.490 e. The van der Waals surface area contributed by atoms with E-state index in [2.05, 4.69) is 30.3 Å². The number of guanidine groups is 1. The Morgan fingerprint density at radius 1 is 0.583 bits per heavy atom. The number of unbranched alkanes of at least 4 members (excludes halogenated alkanes) is 1. The first-order valence-corrected chi connectivity index (χ1v) is 24.1. The lowest BCUT2D eigenvalue weighted by Gasteiger charge is -2.35. The maximum atomic E-state index is 13.8. The van der Waals surface area contributed by atoms with Crippen LogP contribution < -0.4 is 32.7 Å². The predicted molar refractivity (Wildman–Crippen MR) is 263 cm³/mol. The average Bonchev–Trinajstić information content (AvgIpc) is 2.05. The molecular weight excluding hydrogens is 1190 g/mol. The molecule has 3 aliphatic rings. The van der Waals surface area contributed by atoms with Crippen LogP contribution in [0.3, 0.4) is 0 Å². The van der Waals surface area contributed by atoms with Gasteiger partial charge >= 0.3 is 60.7 Å². The summed E-state index contributed by atoms with van der Waals surface area (Å²) in [6, 6.07) is 14.3. The van der Waals surface area contributed by atoms with Crippen LogP contribution in [-0.2, 0) is 33.6 Å². The third-order valence-corrected chi connectivity index (χ3v) is 11.1. The van der Waals surface area contributed by atoms with Crippen LogP contribution in [0.5, 0.6) is 0 Å². The van der Waals surface area contributed by atoms with E-state index in [0.717, 1.165) is 65.2 Å². The fourth-order valence-electron chi connectivity index (χ4n) is 7.04. The molecule has 0 unspecified atom stereocenters. The number of nitrogens with zero attached hydrogens (tertiary/aromatic N) is 5. The van der Waals surface area contributed by atoms with Gasteiger partial charge in [-0.15, -0.1) is 0 Å². The molecule has 23 nitrogen and oxygen atoms in total. The smallest absolute Gasteiger partial charge is 0.475 e. The van der Waals surface area contributed by atoms with Gasteiger partial charge in [-0.25, -0.2) is 24.0 Å². The van der Waals surface area contributed by atoms with Gasteiger partial charge in [0.1, 0.15) is 0 Å². The minimum atomic E-state index is -5.08. The number of hydrogen-bond acceptors (Lipinski definition) is 13. The minimum Gasteiger partial charge on any atom is -0.475 e. The highest BCUT2D eigenvalue weighted by Crippen LogP contribution is 2.38. The van der Waals surface area contributed by atoms with Gasteiger partial charge in [0.15, 0.2) is 5.96 Å². The van der Waals surface area contributed by atoms with Gasteiger partial charge in [0.2, 0.25) is 11.8 Å². The molecule has 0 radical (unpaired) electrons. The van der Waals surface area contributed by atoms with Crippen LogP contribution in [0, 0.1) is 5.92 Å². The third kappa shape index (κ3) is 31.6. The number of carboxylic acid groups (broad SMARTS) is 5. The standard InChI is InChI=1S/C36H54N10O3.5C2HF3O2/c37-29(10-7-16-41-36(38)39)35(49)40-17-21-44-24-22-43(23-25-44)18-6-5-8-27-14-19-45(20-15-27)26-33(47)46-31-12-3-1-9-28(31)34(48)42-30-11-2-4-13-32(30)46;5*3-2(4,5)1(6)7/h1-4,9,11-13,27,29H,5-8,10,14-26,37H2,(H,40,49)(H,42,48)(H4,38,39,41);5*(H,6,7)/t29-;;;;;/m1...../s1. The Balaban J connectivity index is 0.00000158. The number of piperidine rings is 1. The second-order valence-corrected chi connectivity index (χ2v) is 17.5. The number of aliphatic carboxylic acids is 5. The van der Waals surface area contributed by atoms with Crippen molar-refractivity contribution in [2.24, 2.45) is 28.1 Å². The number of rotatable bonds is 15. The summed E-state index contributed by atoms with van der Waals surface area (Å²) in [5.41, 5.74) is 19.1. The van der Waals surface area contributed by atoms with Crippen LogP contribution in [0.15, 0.2) is 53.5 Å². The van der Waals surface area contributed by atoms with Crippen LogP contribution in [0.1, 0.15) is 55.3 Å². The number of carbonyl (C=O) groups is 8. The minimum absolute atomic E-state index is 0.0174. The van der Waals surface area contributed by atoms with E-state index >= 15 is 0 Å². The van der Waals surface area contributed by atoms with E-state index in [9.17, 15) is 80.2 Å². The quantitative estimate of drug-likeness (QED) is 0.0481. The number of piperazine rings is 1. The number of alkyl halides is 15. The Bertz CT molecular complexity index is 2340. The molecule has 0 aromatic heterocycles. The zero-order valence-corrected chi connectivity index (χ0v) is 43.6. The number of benzene rings is 2. The number of hydrogen-bond donors (Lipinski definition) is 10. The van der Waals surface area contributed by atoms with Gasteiger partial charge < -0.3 is 58.3 Å². The van der Waals surface area contributed by atoms with E-state index in [1.807, 2.05) is 42.5 Å². The van der Waals surface area contributed by atoms with E-state index in [1.165, 1.54) is 19.3 Å². The van der Waals surface area contributed by atoms with E-state index in [1.54, 1.807) is 11.0 Å². The highest BCUT2D eigenvalue weighted by Gasteiger charge is 2.41. The van der Waals surface area contributed by atoms with Gasteiger partial charge in [-0.05, 0) is 81.9 Å². The van der Waals surface area contributed by atoms with Crippen molar-refractivity contribution in [2.75, 3.05) is 82.2 Å². The summed E-state index contributed by atoms with van der Waals surface area (Å²) in [5, 5.41) is 41.6. The maximum absolute atomic E-state index is 13.8. The second kappa shape index (κ2) is 35.4. The first-order valence-electron chi connectivity index (χ1n) is 24.1. The molecule has 0 bridgehead atoms. The molecule has 2 saturated heterocycles. The fourth-order valence-corrected chi connectivity index (χ4v) is 7.04. The van der Waals surface area contributed by atoms with Crippen molar-refractivity contribution in [3.8, 4) is 0 Å². The first kappa shape index (κ1) is 76.3. The van der Waals surface area contributed by atoms with E-state index in [4.69, 9.17) is 66.7 Å². The molecule has 5 rings (SSSR count). The normalized spacial score (nSPS) is 15.3. The van der Waals surface area contributed by atoms with Crippen molar-refractivity contribution in [3.05, 3.63) is 54.1 Å². The van der Waals surface area contributed by atoms with Crippen molar-refractivity contribution in [3.63, 3.8) is 0 Å². The molecule has 0 aliphatic carbocycles. The van der Waals surface area contributed by atoms with Gasteiger partial charge in [-0.3, -0.25) is 34.1 Å². The zero-order chi connectivity index (χ0) is 65.0. The predicted octanol–water partition coefficient (Wildman–Crippen LogP) is 5.08. The summed E-state index contributed by atoms with van der Waals surface area (Å²) >= 11 is 0. The molecule has 476 valence electrons. The number of anilines is 3. The largest absolute Gasteiger partial charge is 0.490 e. The van der Waals surface area contributed by atoms with Gasteiger partial charge in [-0.1, -0.05) is 37.1 Å². The Labute approximate surface area is 466 Å². The van der Waals surface area contributed by atoms with Gasteiger partial charge in [0, 0.05) is 45.8 Å². The average molecular weight is 1250 g/mol. The third-order valence-electron chi connectivity index (χ3n) is 11.1. The molecule has 2 aromatic carbocycles. The highest BCUT2D eigenvalue weighted by atomic mass is 19.4. The second-order valence-electron chi connectivity index (χ2n) is 17.5. The molecule has 1 atom stereocenters. The summed E-state index contributed by atoms with van der Waals surface area (Å²) in [6.07, 6.45) is -18.3. The van der Waals surface area contributed by atoms with E-state index in [0.29, 0.717) is 61.0 Å². The zero-order valence-electron chi connectivity index (χ0n) is 43.6. The molecule has 2 fully saturated rings. The van der Waals surface area contributed by atoms with Crippen LogP contribution >= 0.6 is 0 Å². The number of aliphatic imine (C=N–C) groups is 1. The number of amides is 3. The monoisotopic (exact) mass is 1240 g/mol. The van der Waals surface area contributed by atoms with Crippen molar-refractivity contribution in [2.45, 2.75) is 81.9 Å². The first-order chi connectivity index (χ1) is 38.5. The van der Waals surface area contributed by atoms with Crippen molar-refractivity contribution in [1.82, 2.24) is 20.0 Å². The molecule has 13 N–H and O–H groups in total. The van der Waals surface area contributed by atoms with Crippen LogP contribution in [0.25, 0.3) is 0 Å². The Hall–Kier alpha value is -7.74. The lowest BCUT2D eigenvalue weighted by atomic mass is 9.91. The van der Waals surface area contributed by atoms with Crippen LogP contribution in [0.2, 0.25) is 0 Å². The summed E-state index contributed by atoms with van der Waals surface area (Å²) in [4.78, 5) is 96.3. The molecule has 0 spiro atoms. The molecule has 84 heavy (non-hydrogen) atoms. The number of likely N-dealkylation sites (tertiary alicyclic amines) is 1. The number of carboxylic acids is 5. The summed E-state index contributed by atoms with van der Waals surface area (Å²) in [5.74, 6) is -13.4. The Morgan fingerprint density at radius 2 is 0.988 bits per heavy atom. The fraction of sp³-hybridized carbons (Fsp3) is 0.543. The van der Waals surface area contributed by atoms with E-state index in [-0.39, 0.29) is 23.7 Å². The molecule has 38 heteroatoms. The molecular formula is C46H59F15N10O13. The highest BCUT2D eigenvalue weighted by molar-refractivity contribution is 6.18. The topological polar surface area (TPSA) is 365 Å². The number of fused-ring (bicyclic) bond motifs is 2. The number of nitrogens with two attached hydrogens (primary N) is 3. The van der Waals surface area contributed by atoms with Crippen molar-refractivity contribution >= 4 is 70.6 Å². The Morgan fingerprint density at radius 3 is 1.42 bits per heavy atom. The number of halogens is 15. The van der Waals surface area contributed by atoms with Crippen molar-refractivity contribution in [1.29, 1.82) is 0 Å². The van der Waals surface area contributed by atoms with Gasteiger partial charge in [-0.2, -0.15) is 65.9 Å². The van der Waals surface area contributed by atoms with Crippen molar-refractivity contribution < 1.29 is 130 Å². The Kier molecular flexibility index (Phi) is 32.1. The van der Waals surface area contributed by atoms with Crippen LogP contribution in [-0.4, -0.2) is 203 Å². The molecule has 0 saturated carbocycles. The molecule has 3 heterocycles. The summed E-state index contributed by atoms with van der Waals surface area (Å²) in [7, 11) is 0. The summed E-state index contributed by atoms with van der Waals surface area (Å²) in [6.45, 7) is 9.34. The van der Waals surface area contributed by atoms with E-state index < -0.39 is 66.8 Å². The SMILES string of the molecule is NC(N)=NCCC[C@@H](N)C(=O)NCCN1CCN(CCCCC2CCN(CC(=O)N3c4ccccc4NC(=O)c4ccccc43)CC2)CC1.O=C(O)C(F)(F)F.O=C(O)C(F)(F)F.O=C(O)C(F)(F)F.O=C(O)C(F)(F)F.O=C(O)C(F)(F)F. The number of nitrogens with one attached hydrogen (secondary N) is 2. The van der Waals surface area contributed by atoms with Gasteiger partial charge in [0.05, 0.1) is 35.2 Å². The van der Waals surface area contributed by atoms with Crippen LogP contribution in [0.4, 0.5) is 82.9 Å². The molecule has 3 amide bonds. The molecule has 2 aromatic rings. The molecule has 3 aliphatic heterocycles.